The van der Waals surface area contributed by atoms with Crippen molar-refractivity contribution in [2.45, 2.75) is 70.9 Å². The minimum absolute atomic E-state index is 0.182. The van der Waals surface area contributed by atoms with Gasteiger partial charge in [0.15, 0.2) is 0 Å². The molecule has 1 N–H and O–H groups in total. The zero-order valence-electron chi connectivity index (χ0n) is 22.5. The molecule has 1 unspecified atom stereocenters. The third-order valence-corrected chi connectivity index (χ3v) is 10.3. The number of imide groups is 1. The lowest BCUT2D eigenvalue weighted by atomic mass is 9.49. The van der Waals surface area contributed by atoms with E-state index in [-0.39, 0.29) is 17.9 Å². The first-order chi connectivity index (χ1) is 18.4. The Balaban J connectivity index is 1.07. The van der Waals surface area contributed by atoms with Crippen LogP contribution < -0.4 is 10.9 Å². The molecular formula is C30H39N5O3. The van der Waals surface area contributed by atoms with Gasteiger partial charge in [0.2, 0.25) is 11.8 Å². The second-order valence-corrected chi connectivity index (χ2v) is 13.1. The molecule has 4 bridgehead atoms. The van der Waals surface area contributed by atoms with Gasteiger partial charge in [0, 0.05) is 45.7 Å². The van der Waals surface area contributed by atoms with Crippen LogP contribution in [-0.4, -0.2) is 63.9 Å². The number of benzene rings is 1. The summed E-state index contributed by atoms with van der Waals surface area (Å²) in [5, 5.41) is 2.98. The third-order valence-electron chi connectivity index (χ3n) is 10.3. The molecule has 6 fully saturated rings. The topological polar surface area (TPSA) is 87.5 Å². The Morgan fingerprint density at radius 1 is 0.947 bits per heavy atom. The summed E-state index contributed by atoms with van der Waals surface area (Å²) in [6, 6.07) is 5.18. The van der Waals surface area contributed by atoms with Crippen molar-refractivity contribution in [2.24, 2.45) is 23.2 Å². The van der Waals surface area contributed by atoms with Crippen LogP contribution in [0.15, 0.2) is 23.0 Å². The molecule has 202 valence electrons. The van der Waals surface area contributed by atoms with Crippen molar-refractivity contribution >= 4 is 22.7 Å². The molecule has 4 aliphatic carbocycles. The SMILES string of the molecule is Cc1nc2cccc(CN3CCN(CC45CC6CC(CC(C6)C4)C5)CC3)c2c(=O)n1C1CCC(=O)NC1=O. The molecule has 6 aliphatic rings. The van der Waals surface area contributed by atoms with Gasteiger partial charge in [-0.15, -0.1) is 0 Å². The Morgan fingerprint density at radius 3 is 2.26 bits per heavy atom. The smallest absolute Gasteiger partial charge is 0.262 e. The van der Waals surface area contributed by atoms with Crippen LogP contribution in [-0.2, 0) is 16.1 Å². The molecule has 3 heterocycles. The molecule has 2 aromatic rings. The van der Waals surface area contributed by atoms with Gasteiger partial charge in [0.25, 0.3) is 5.56 Å². The fourth-order valence-electron chi connectivity index (χ4n) is 9.15. The molecule has 2 amide bonds. The molecule has 0 radical (unpaired) electrons. The van der Waals surface area contributed by atoms with Crippen molar-refractivity contribution in [2.75, 3.05) is 32.7 Å². The van der Waals surface area contributed by atoms with Crippen molar-refractivity contribution in [1.82, 2.24) is 24.7 Å². The van der Waals surface area contributed by atoms with E-state index in [9.17, 15) is 14.4 Å². The number of rotatable bonds is 5. The molecule has 2 saturated heterocycles. The van der Waals surface area contributed by atoms with Crippen LogP contribution in [0.2, 0.25) is 0 Å². The minimum Gasteiger partial charge on any atom is -0.300 e. The lowest BCUT2D eigenvalue weighted by molar-refractivity contribution is -0.135. The van der Waals surface area contributed by atoms with Crippen LogP contribution in [0.25, 0.3) is 10.9 Å². The fraction of sp³-hybridized carbons (Fsp3) is 0.667. The number of piperazine rings is 1. The Kier molecular flexibility index (Phi) is 5.96. The lowest BCUT2D eigenvalue weighted by Crippen LogP contribution is -2.54. The maximum absolute atomic E-state index is 13.8. The number of carbonyl (C=O) groups is 2. The molecule has 2 aliphatic heterocycles. The molecule has 1 atom stereocenters. The number of aromatic nitrogens is 2. The minimum atomic E-state index is -0.696. The van der Waals surface area contributed by atoms with Crippen molar-refractivity contribution in [3.05, 3.63) is 39.9 Å². The Labute approximate surface area is 223 Å². The molecule has 1 aromatic heterocycles. The van der Waals surface area contributed by atoms with Crippen molar-refractivity contribution in [1.29, 1.82) is 0 Å². The average Bonchev–Trinajstić information content (AvgIpc) is 2.85. The van der Waals surface area contributed by atoms with Crippen LogP contribution in [0, 0.1) is 30.1 Å². The number of hydrogen-bond donors (Lipinski definition) is 1. The predicted octanol–water partition coefficient (Wildman–Crippen LogP) is 3.02. The van der Waals surface area contributed by atoms with Crippen LogP contribution in [0.3, 0.4) is 0 Å². The normalized spacial score (nSPS) is 33.7. The van der Waals surface area contributed by atoms with E-state index in [1.54, 1.807) is 6.92 Å². The zero-order chi connectivity index (χ0) is 26.0. The summed E-state index contributed by atoms with van der Waals surface area (Å²) in [5.41, 5.74) is 2.04. The van der Waals surface area contributed by atoms with Gasteiger partial charge in [-0.25, -0.2) is 4.98 Å². The molecule has 8 heteroatoms. The second-order valence-electron chi connectivity index (χ2n) is 13.1. The maximum atomic E-state index is 13.8. The maximum Gasteiger partial charge on any atom is 0.262 e. The third kappa shape index (κ3) is 4.30. The van der Waals surface area contributed by atoms with Gasteiger partial charge < -0.3 is 4.90 Å². The van der Waals surface area contributed by atoms with Crippen LogP contribution >= 0.6 is 0 Å². The number of carbonyl (C=O) groups excluding carboxylic acids is 2. The van der Waals surface area contributed by atoms with Crippen molar-refractivity contribution in [3.63, 3.8) is 0 Å². The highest BCUT2D eigenvalue weighted by atomic mass is 16.2. The van der Waals surface area contributed by atoms with Gasteiger partial charge in [0.05, 0.1) is 10.9 Å². The number of amides is 2. The first kappa shape index (κ1) is 24.5. The van der Waals surface area contributed by atoms with E-state index in [2.05, 4.69) is 15.1 Å². The van der Waals surface area contributed by atoms with Gasteiger partial charge in [-0.05, 0) is 86.7 Å². The molecule has 8 nitrogen and oxygen atoms in total. The summed E-state index contributed by atoms with van der Waals surface area (Å²) in [5.74, 6) is 2.79. The largest absolute Gasteiger partial charge is 0.300 e. The number of fused-ring (bicyclic) bond motifs is 1. The number of aryl methyl sites for hydroxylation is 1. The summed E-state index contributed by atoms with van der Waals surface area (Å²) in [6.45, 7) is 7.93. The monoisotopic (exact) mass is 517 g/mol. The van der Waals surface area contributed by atoms with Gasteiger partial charge in [-0.2, -0.15) is 0 Å². The summed E-state index contributed by atoms with van der Waals surface area (Å²) < 4.78 is 1.50. The Morgan fingerprint density at radius 2 is 1.61 bits per heavy atom. The highest BCUT2D eigenvalue weighted by Gasteiger charge is 2.51. The number of piperidine rings is 1. The molecule has 1 aromatic carbocycles. The van der Waals surface area contributed by atoms with E-state index < -0.39 is 11.9 Å². The van der Waals surface area contributed by atoms with Gasteiger partial charge in [-0.3, -0.25) is 29.2 Å². The Hall–Kier alpha value is -2.58. The van der Waals surface area contributed by atoms with Gasteiger partial charge >= 0.3 is 0 Å². The van der Waals surface area contributed by atoms with E-state index in [1.807, 2.05) is 18.2 Å². The van der Waals surface area contributed by atoms with Crippen molar-refractivity contribution in [3.8, 4) is 0 Å². The Bertz CT molecular complexity index is 1310. The van der Waals surface area contributed by atoms with Gasteiger partial charge in [-0.1, -0.05) is 12.1 Å². The first-order valence-electron chi connectivity index (χ1n) is 14.6. The standard InChI is InChI=1S/C30H39N5O3/c1-19-31-24-4-2-3-23(27(24)29(38)35(19)25-5-6-26(36)32-28(25)37)17-33-7-9-34(10-8-33)18-30-14-20-11-21(15-30)13-22(12-20)16-30/h2-4,20-22,25H,5-18H2,1H3,(H,32,36,37). The van der Waals surface area contributed by atoms with E-state index in [0.717, 1.165) is 49.5 Å². The van der Waals surface area contributed by atoms with E-state index in [0.29, 0.717) is 35.1 Å². The molecule has 4 saturated carbocycles. The highest BCUT2D eigenvalue weighted by Crippen LogP contribution is 2.60. The molecule has 38 heavy (non-hydrogen) atoms. The summed E-state index contributed by atoms with van der Waals surface area (Å²) in [6.07, 6.45) is 9.43. The summed E-state index contributed by atoms with van der Waals surface area (Å²) in [7, 11) is 0. The second kappa shape index (κ2) is 9.26. The molecule has 0 spiro atoms. The lowest BCUT2D eigenvalue weighted by Gasteiger charge is -2.58. The highest BCUT2D eigenvalue weighted by molar-refractivity contribution is 5.99. The zero-order valence-corrected chi connectivity index (χ0v) is 22.5. The quantitative estimate of drug-likeness (QED) is 0.614. The average molecular weight is 518 g/mol. The van der Waals surface area contributed by atoms with Crippen LogP contribution in [0.1, 0.15) is 68.8 Å². The van der Waals surface area contributed by atoms with E-state index in [4.69, 9.17) is 4.98 Å². The number of hydrogen-bond acceptors (Lipinski definition) is 6. The summed E-state index contributed by atoms with van der Waals surface area (Å²) >= 11 is 0. The van der Waals surface area contributed by atoms with E-state index >= 15 is 0 Å². The van der Waals surface area contributed by atoms with Crippen LogP contribution in [0.4, 0.5) is 0 Å². The fourth-order valence-corrected chi connectivity index (χ4v) is 9.15. The number of nitrogens with one attached hydrogen (secondary N) is 1. The first-order valence-corrected chi connectivity index (χ1v) is 14.6. The predicted molar refractivity (Wildman–Crippen MR) is 144 cm³/mol. The van der Waals surface area contributed by atoms with Gasteiger partial charge in [0.1, 0.15) is 11.9 Å². The summed E-state index contributed by atoms with van der Waals surface area (Å²) in [4.78, 5) is 47.9. The molecular weight excluding hydrogens is 478 g/mol. The number of nitrogens with zero attached hydrogens (tertiary/aromatic N) is 4. The van der Waals surface area contributed by atoms with E-state index in [1.165, 1.54) is 49.6 Å². The van der Waals surface area contributed by atoms with Crippen LogP contribution in [0.5, 0.6) is 0 Å². The molecule has 8 rings (SSSR count). The van der Waals surface area contributed by atoms with Crippen molar-refractivity contribution < 1.29 is 9.59 Å².